The van der Waals surface area contributed by atoms with E-state index < -0.39 is 29.8 Å². The minimum atomic E-state index is -1.03. The van der Waals surface area contributed by atoms with Crippen molar-refractivity contribution in [2.24, 2.45) is 0 Å². The zero-order chi connectivity index (χ0) is 22.9. The van der Waals surface area contributed by atoms with Crippen LogP contribution in [0.4, 0.5) is 4.79 Å². The van der Waals surface area contributed by atoms with Crippen molar-refractivity contribution in [1.29, 1.82) is 0 Å². The quantitative estimate of drug-likeness (QED) is 0.580. The summed E-state index contributed by atoms with van der Waals surface area (Å²) < 4.78 is 16.6. The summed E-state index contributed by atoms with van der Waals surface area (Å²) in [4.78, 5) is 25.1. The molecule has 0 saturated carbocycles. The highest BCUT2D eigenvalue weighted by Crippen LogP contribution is 2.13. The third-order valence-corrected chi connectivity index (χ3v) is 4.32. The molecule has 6 heteroatoms. The molecule has 2 rings (SSSR count). The van der Waals surface area contributed by atoms with Crippen molar-refractivity contribution in [2.75, 3.05) is 0 Å². The maximum Gasteiger partial charge on any atom is 0.408 e. The monoisotopic (exact) mass is 425 g/mol. The summed E-state index contributed by atoms with van der Waals surface area (Å²) in [5.74, 6) is -0.601. The molecule has 0 bridgehead atoms. The predicted molar refractivity (Wildman–Crippen MR) is 120 cm³/mol. The summed E-state index contributed by atoms with van der Waals surface area (Å²) in [7, 11) is 0. The second-order valence-electron chi connectivity index (χ2n) is 8.18. The molecule has 0 aliphatic heterocycles. The van der Waals surface area contributed by atoms with E-state index >= 15 is 0 Å². The van der Waals surface area contributed by atoms with Crippen LogP contribution in [0.5, 0.6) is 0 Å². The Morgan fingerprint density at radius 2 is 1.71 bits per heavy atom. The third kappa shape index (κ3) is 8.64. The Labute approximate surface area is 184 Å². The Kier molecular flexibility index (Phi) is 8.82. The van der Waals surface area contributed by atoms with Crippen molar-refractivity contribution in [3.05, 3.63) is 77.9 Å². The van der Waals surface area contributed by atoms with E-state index in [1.165, 1.54) is 0 Å². The highest BCUT2D eigenvalue weighted by Gasteiger charge is 2.31. The molecule has 1 amide bonds. The number of carbonyl (C=O) groups excluding carboxylic acids is 2. The summed E-state index contributed by atoms with van der Waals surface area (Å²) in [6.07, 6.45) is 0.371. The van der Waals surface area contributed by atoms with Crippen LogP contribution >= 0.6 is 0 Å². The first-order valence-electron chi connectivity index (χ1n) is 10.2. The Bertz CT molecular complexity index is 873. The number of esters is 1. The molecule has 0 fully saturated rings. The highest BCUT2D eigenvalue weighted by molar-refractivity contribution is 5.82. The van der Waals surface area contributed by atoms with Gasteiger partial charge in [-0.05, 0) is 50.5 Å². The third-order valence-electron chi connectivity index (χ3n) is 4.32. The Balaban J connectivity index is 2.05. The molecule has 31 heavy (non-hydrogen) atoms. The van der Waals surface area contributed by atoms with Gasteiger partial charge in [0.25, 0.3) is 0 Å². The first-order valence-corrected chi connectivity index (χ1v) is 10.2. The van der Waals surface area contributed by atoms with Crippen LogP contribution < -0.4 is 5.32 Å². The molecule has 0 aliphatic rings. The van der Waals surface area contributed by atoms with Gasteiger partial charge in [0.2, 0.25) is 0 Å². The van der Waals surface area contributed by atoms with E-state index in [1.54, 1.807) is 33.8 Å². The molecule has 0 saturated heterocycles. The van der Waals surface area contributed by atoms with Gasteiger partial charge in [-0.2, -0.15) is 0 Å². The van der Waals surface area contributed by atoms with Crippen molar-refractivity contribution in [3.63, 3.8) is 0 Å². The van der Waals surface area contributed by atoms with Crippen molar-refractivity contribution >= 4 is 18.1 Å². The molecule has 0 spiro atoms. The van der Waals surface area contributed by atoms with Crippen LogP contribution in [-0.2, 0) is 32.2 Å². The van der Waals surface area contributed by atoms with Gasteiger partial charge < -0.3 is 19.5 Å². The fourth-order valence-electron chi connectivity index (χ4n) is 2.75. The molecule has 166 valence electrons. The lowest BCUT2D eigenvalue weighted by Crippen LogP contribution is -2.50. The van der Waals surface area contributed by atoms with Crippen LogP contribution in [0, 0.1) is 0 Å². The molecule has 1 N–H and O–H groups in total. The van der Waals surface area contributed by atoms with Crippen LogP contribution in [0.1, 0.15) is 44.4 Å². The van der Waals surface area contributed by atoms with E-state index in [0.717, 1.165) is 16.7 Å². The summed E-state index contributed by atoms with van der Waals surface area (Å²) >= 11 is 0. The van der Waals surface area contributed by atoms with Crippen LogP contribution in [0.15, 0.2) is 61.2 Å². The Morgan fingerprint density at radius 1 is 1.03 bits per heavy atom. The van der Waals surface area contributed by atoms with Crippen LogP contribution in [0.3, 0.4) is 0 Å². The average molecular weight is 426 g/mol. The van der Waals surface area contributed by atoms with Crippen molar-refractivity contribution < 1.29 is 23.8 Å². The standard InChI is InChI=1S/C25H31NO5/c1-6-19-13-10-14-21(15-19)17-30-23(27)22(26-24(28)31-25(3,4)5)18(2)29-16-20-11-8-7-9-12-20/h6-15,18,22H,1,16-17H2,2-5H3,(H,26,28)/t18-,22+/m1/s1. The lowest BCUT2D eigenvalue weighted by atomic mass is 10.1. The van der Waals surface area contributed by atoms with Crippen LogP contribution in [0.25, 0.3) is 6.08 Å². The molecule has 2 aromatic carbocycles. The fourth-order valence-corrected chi connectivity index (χ4v) is 2.75. The van der Waals surface area contributed by atoms with Gasteiger partial charge in [-0.15, -0.1) is 0 Å². The van der Waals surface area contributed by atoms with E-state index in [9.17, 15) is 9.59 Å². The molecule has 0 aliphatic carbocycles. The molecule has 6 nitrogen and oxygen atoms in total. The topological polar surface area (TPSA) is 73.9 Å². The first-order chi connectivity index (χ1) is 14.7. The zero-order valence-electron chi connectivity index (χ0n) is 18.6. The largest absolute Gasteiger partial charge is 0.459 e. The molecule has 0 unspecified atom stereocenters. The van der Waals surface area contributed by atoms with Gasteiger partial charge in [0.1, 0.15) is 12.2 Å². The minimum absolute atomic E-state index is 0.0679. The fraction of sp³-hybridized carbons (Fsp3) is 0.360. The van der Waals surface area contributed by atoms with Gasteiger partial charge in [0.15, 0.2) is 6.04 Å². The molecule has 0 heterocycles. The predicted octanol–water partition coefficient (Wildman–Crippen LogP) is 4.87. The smallest absolute Gasteiger partial charge is 0.408 e. The maximum atomic E-state index is 12.8. The molecule has 2 aromatic rings. The molecule has 0 aromatic heterocycles. The number of carbonyl (C=O) groups is 2. The van der Waals surface area contributed by atoms with Gasteiger partial charge in [0.05, 0.1) is 12.7 Å². The van der Waals surface area contributed by atoms with Crippen molar-refractivity contribution in [3.8, 4) is 0 Å². The average Bonchev–Trinajstić information content (AvgIpc) is 2.73. The summed E-state index contributed by atoms with van der Waals surface area (Å²) in [6.45, 7) is 11.1. The molecule has 2 atom stereocenters. The van der Waals surface area contributed by atoms with Gasteiger partial charge in [-0.25, -0.2) is 9.59 Å². The number of ether oxygens (including phenoxy) is 3. The zero-order valence-corrected chi connectivity index (χ0v) is 18.6. The first kappa shape index (κ1) is 24.2. The normalized spacial score (nSPS) is 13.0. The van der Waals surface area contributed by atoms with Crippen LogP contribution in [-0.4, -0.2) is 29.8 Å². The summed E-state index contributed by atoms with van der Waals surface area (Å²) in [5.41, 5.74) is 2.01. The second-order valence-corrected chi connectivity index (χ2v) is 8.18. The number of nitrogens with one attached hydrogen (secondary N) is 1. The number of alkyl carbamates (subject to hydrolysis) is 1. The number of hydrogen-bond acceptors (Lipinski definition) is 5. The van der Waals surface area contributed by atoms with Gasteiger partial charge in [-0.1, -0.05) is 61.2 Å². The summed E-state index contributed by atoms with van der Waals surface area (Å²) in [6, 6.07) is 16.1. The van der Waals surface area contributed by atoms with E-state index in [2.05, 4.69) is 11.9 Å². The van der Waals surface area contributed by atoms with Crippen molar-refractivity contribution in [1.82, 2.24) is 5.32 Å². The van der Waals surface area contributed by atoms with Gasteiger partial charge >= 0.3 is 12.1 Å². The Morgan fingerprint density at radius 3 is 2.35 bits per heavy atom. The number of benzene rings is 2. The highest BCUT2D eigenvalue weighted by atomic mass is 16.6. The van der Waals surface area contributed by atoms with E-state index in [0.29, 0.717) is 6.61 Å². The Hall–Kier alpha value is -3.12. The van der Waals surface area contributed by atoms with Gasteiger partial charge in [0, 0.05) is 0 Å². The van der Waals surface area contributed by atoms with Crippen LogP contribution in [0.2, 0.25) is 0 Å². The van der Waals surface area contributed by atoms with Gasteiger partial charge in [-0.3, -0.25) is 0 Å². The van der Waals surface area contributed by atoms with E-state index in [1.807, 2.05) is 54.6 Å². The van der Waals surface area contributed by atoms with E-state index in [4.69, 9.17) is 14.2 Å². The lowest BCUT2D eigenvalue weighted by Gasteiger charge is -2.26. The summed E-state index contributed by atoms with van der Waals surface area (Å²) in [5, 5.41) is 2.59. The van der Waals surface area contributed by atoms with Crippen molar-refractivity contribution in [2.45, 2.75) is 58.7 Å². The maximum absolute atomic E-state index is 12.8. The number of hydrogen-bond donors (Lipinski definition) is 1. The second kappa shape index (κ2) is 11.3. The lowest BCUT2D eigenvalue weighted by molar-refractivity contribution is -0.151. The molecular formula is C25H31NO5. The minimum Gasteiger partial charge on any atom is -0.459 e. The molecular weight excluding hydrogens is 394 g/mol. The SMILES string of the molecule is C=Cc1cccc(COC(=O)[C@@H](NC(=O)OC(C)(C)C)[C@@H](C)OCc2ccccc2)c1. The number of rotatable bonds is 9. The molecule has 0 radical (unpaired) electrons. The number of amides is 1. The van der Waals surface area contributed by atoms with E-state index in [-0.39, 0.29) is 6.61 Å².